The Labute approximate surface area is 81.0 Å². The lowest BCUT2D eigenvalue weighted by atomic mass is 9.98. The SMILES string of the molecule is CC(C[Si](C)(C)Cl)C1C=CC=C1. The van der Waals surface area contributed by atoms with Crippen LogP contribution >= 0.6 is 11.1 Å². The van der Waals surface area contributed by atoms with Gasteiger partial charge >= 0.3 is 0 Å². The fourth-order valence-electron chi connectivity index (χ4n) is 1.73. The Kier molecular flexibility index (Phi) is 3.19. The van der Waals surface area contributed by atoms with Crippen LogP contribution in [0.3, 0.4) is 0 Å². The largest absolute Gasteiger partial charge is 0.168 e. The first-order valence-electron chi connectivity index (χ1n) is 4.53. The molecule has 0 aromatic heterocycles. The Balaban J connectivity index is 2.43. The Hall–Kier alpha value is -0.0131. The van der Waals surface area contributed by atoms with E-state index in [1.54, 1.807) is 0 Å². The van der Waals surface area contributed by atoms with Gasteiger partial charge < -0.3 is 0 Å². The van der Waals surface area contributed by atoms with Crippen molar-refractivity contribution in [1.29, 1.82) is 0 Å². The predicted molar refractivity (Wildman–Crippen MR) is 59.1 cm³/mol. The van der Waals surface area contributed by atoms with Crippen LogP contribution in [0.2, 0.25) is 19.1 Å². The van der Waals surface area contributed by atoms with Crippen molar-refractivity contribution in [1.82, 2.24) is 0 Å². The predicted octanol–water partition coefficient (Wildman–Crippen LogP) is 3.81. The van der Waals surface area contributed by atoms with E-state index < -0.39 is 7.38 Å². The highest BCUT2D eigenvalue weighted by molar-refractivity contribution is 7.19. The number of rotatable bonds is 3. The van der Waals surface area contributed by atoms with Crippen LogP contribution in [0.15, 0.2) is 24.3 Å². The van der Waals surface area contributed by atoms with Crippen LogP contribution in [0, 0.1) is 11.8 Å². The van der Waals surface area contributed by atoms with Crippen LogP contribution in [0.4, 0.5) is 0 Å². The van der Waals surface area contributed by atoms with Crippen molar-refractivity contribution in [3.8, 4) is 0 Å². The number of halogens is 1. The molecule has 1 unspecified atom stereocenters. The highest BCUT2D eigenvalue weighted by atomic mass is 35.6. The highest BCUT2D eigenvalue weighted by Gasteiger charge is 2.24. The van der Waals surface area contributed by atoms with Crippen LogP contribution < -0.4 is 0 Å². The maximum Gasteiger partial charge on any atom is 0.150 e. The molecular weight excluding hydrogens is 184 g/mol. The van der Waals surface area contributed by atoms with Gasteiger partial charge in [-0.3, -0.25) is 0 Å². The van der Waals surface area contributed by atoms with Crippen molar-refractivity contribution in [2.75, 3.05) is 0 Å². The number of hydrogen-bond acceptors (Lipinski definition) is 0. The van der Waals surface area contributed by atoms with Crippen molar-refractivity contribution in [3.05, 3.63) is 24.3 Å². The summed E-state index contributed by atoms with van der Waals surface area (Å²) in [5, 5.41) is 0. The fraction of sp³-hybridized carbons (Fsp3) is 0.600. The number of hydrogen-bond donors (Lipinski definition) is 0. The summed E-state index contributed by atoms with van der Waals surface area (Å²) in [4.78, 5) is 0. The van der Waals surface area contributed by atoms with Crippen molar-refractivity contribution in [2.24, 2.45) is 11.8 Å². The smallest absolute Gasteiger partial charge is 0.150 e. The van der Waals surface area contributed by atoms with E-state index in [1.807, 2.05) is 0 Å². The minimum atomic E-state index is -1.38. The molecule has 1 atom stereocenters. The first kappa shape index (κ1) is 10.1. The molecule has 0 saturated heterocycles. The topological polar surface area (TPSA) is 0 Å². The normalized spacial score (nSPS) is 20.3. The molecule has 0 aromatic carbocycles. The Morgan fingerprint density at radius 1 is 1.33 bits per heavy atom. The zero-order valence-corrected chi connectivity index (χ0v) is 9.81. The zero-order valence-electron chi connectivity index (χ0n) is 8.05. The van der Waals surface area contributed by atoms with Gasteiger partial charge in [-0.15, -0.1) is 0 Å². The monoisotopic (exact) mass is 200 g/mol. The molecule has 0 heterocycles. The van der Waals surface area contributed by atoms with E-state index in [4.69, 9.17) is 11.1 Å². The minimum Gasteiger partial charge on any atom is -0.168 e. The molecule has 1 aliphatic rings. The summed E-state index contributed by atoms with van der Waals surface area (Å²) in [5.74, 6) is 1.34. The van der Waals surface area contributed by atoms with Gasteiger partial charge in [0, 0.05) is 0 Å². The summed E-state index contributed by atoms with van der Waals surface area (Å²) in [5.41, 5.74) is 0. The summed E-state index contributed by atoms with van der Waals surface area (Å²) in [6.45, 7) is 6.72. The highest BCUT2D eigenvalue weighted by Crippen LogP contribution is 2.29. The third-order valence-electron chi connectivity index (χ3n) is 2.24. The van der Waals surface area contributed by atoms with Gasteiger partial charge in [-0.25, -0.2) is 0 Å². The van der Waals surface area contributed by atoms with E-state index >= 15 is 0 Å². The first-order valence-corrected chi connectivity index (χ1v) is 8.75. The standard InChI is InChI=1S/C10H17ClSi/c1-9(8-12(2,3)11)10-6-4-5-7-10/h4-7,9-10H,8H2,1-3H3. The summed E-state index contributed by atoms with van der Waals surface area (Å²) in [7, 11) is -1.38. The molecule has 0 saturated carbocycles. The molecule has 0 radical (unpaired) electrons. The molecule has 68 valence electrons. The van der Waals surface area contributed by atoms with Crippen LogP contribution in [-0.4, -0.2) is 7.38 Å². The Morgan fingerprint density at radius 3 is 2.25 bits per heavy atom. The van der Waals surface area contributed by atoms with Gasteiger partial charge in [0.1, 0.15) is 0 Å². The molecule has 12 heavy (non-hydrogen) atoms. The third-order valence-corrected chi connectivity index (χ3v) is 4.32. The molecule has 1 rings (SSSR count). The maximum absolute atomic E-state index is 6.30. The summed E-state index contributed by atoms with van der Waals surface area (Å²) < 4.78 is 0. The van der Waals surface area contributed by atoms with E-state index in [0.29, 0.717) is 11.8 Å². The quantitative estimate of drug-likeness (QED) is 0.480. The summed E-state index contributed by atoms with van der Waals surface area (Å²) in [6.07, 6.45) is 8.79. The summed E-state index contributed by atoms with van der Waals surface area (Å²) >= 11 is 6.30. The molecule has 0 N–H and O–H groups in total. The van der Waals surface area contributed by atoms with Gasteiger partial charge in [-0.2, -0.15) is 11.1 Å². The van der Waals surface area contributed by atoms with Gasteiger partial charge in [0.25, 0.3) is 0 Å². The van der Waals surface area contributed by atoms with E-state index in [-0.39, 0.29) is 0 Å². The molecule has 2 heteroatoms. The Bertz CT molecular complexity index is 188. The molecule has 0 aliphatic heterocycles. The molecule has 0 bridgehead atoms. The third kappa shape index (κ3) is 3.16. The van der Waals surface area contributed by atoms with E-state index in [2.05, 4.69) is 44.3 Å². The molecular formula is C10H17ClSi. The molecule has 0 aromatic rings. The maximum atomic E-state index is 6.30. The second-order valence-electron chi connectivity index (χ2n) is 4.25. The van der Waals surface area contributed by atoms with Crippen molar-refractivity contribution >= 4 is 18.5 Å². The lowest BCUT2D eigenvalue weighted by Gasteiger charge is -2.22. The second kappa shape index (κ2) is 3.80. The minimum absolute atomic E-state index is 0.635. The van der Waals surface area contributed by atoms with Gasteiger partial charge in [0.15, 0.2) is 7.38 Å². The molecule has 0 nitrogen and oxygen atoms in total. The molecule has 0 spiro atoms. The lowest BCUT2D eigenvalue weighted by molar-refractivity contribution is 0.549. The van der Waals surface area contributed by atoms with Crippen molar-refractivity contribution in [2.45, 2.75) is 26.1 Å². The molecule has 0 amide bonds. The van der Waals surface area contributed by atoms with E-state index in [9.17, 15) is 0 Å². The van der Waals surface area contributed by atoms with Crippen LogP contribution in [0.25, 0.3) is 0 Å². The number of allylic oxidation sites excluding steroid dienone is 4. The fourth-order valence-corrected chi connectivity index (χ4v) is 4.26. The van der Waals surface area contributed by atoms with E-state index in [0.717, 1.165) is 0 Å². The van der Waals surface area contributed by atoms with Gasteiger partial charge in [-0.05, 0) is 17.9 Å². The average molecular weight is 201 g/mol. The van der Waals surface area contributed by atoms with Crippen molar-refractivity contribution in [3.63, 3.8) is 0 Å². The summed E-state index contributed by atoms with van der Waals surface area (Å²) in [6, 6.07) is 1.20. The average Bonchev–Trinajstić information content (AvgIpc) is 2.32. The van der Waals surface area contributed by atoms with Crippen LogP contribution in [-0.2, 0) is 0 Å². The molecule has 0 fully saturated rings. The first-order chi connectivity index (χ1) is 5.49. The van der Waals surface area contributed by atoms with Crippen LogP contribution in [0.5, 0.6) is 0 Å². The zero-order chi connectivity index (χ0) is 9.19. The van der Waals surface area contributed by atoms with Crippen molar-refractivity contribution < 1.29 is 0 Å². The Morgan fingerprint density at radius 2 is 1.83 bits per heavy atom. The van der Waals surface area contributed by atoms with E-state index in [1.165, 1.54) is 6.04 Å². The van der Waals surface area contributed by atoms with Crippen LogP contribution in [0.1, 0.15) is 6.92 Å². The lowest BCUT2D eigenvalue weighted by Crippen LogP contribution is -2.22. The van der Waals surface area contributed by atoms with Gasteiger partial charge in [-0.1, -0.05) is 44.3 Å². The van der Waals surface area contributed by atoms with Gasteiger partial charge in [0.2, 0.25) is 0 Å². The van der Waals surface area contributed by atoms with Gasteiger partial charge in [0.05, 0.1) is 0 Å². The second-order valence-corrected chi connectivity index (χ2v) is 11.2. The molecule has 1 aliphatic carbocycles.